The fourth-order valence-corrected chi connectivity index (χ4v) is 3.53. The molecule has 142 valence electrons. The van der Waals surface area contributed by atoms with E-state index in [1.165, 1.54) is 6.20 Å². The molecule has 1 aromatic heterocycles. The molecule has 0 spiro atoms. The Balaban J connectivity index is 1.94. The van der Waals surface area contributed by atoms with Crippen LogP contribution >= 0.6 is 0 Å². The molecule has 2 aromatic rings. The van der Waals surface area contributed by atoms with Gasteiger partial charge in [0.25, 0.3) is 0 Å². The van der Waals surface area contributed by atoms with Crippen molar-refractivity contribution in [2.45, 2.75) is 51.7 Å². The van der Waals surface area contributed by atoms with Crippen LogP contribution in [0.2, 0.25) is 18.1 Å². The molecule has 0 bridgehead atoms. The minimum atomic E-state index is -1.71. The third-order valence-electron chi connectivity index (χ3n) is 5.09. The molecule has 0 aliphatic heterocycles. The first kappa shape index (κ1) is 20.3. The number of rotatable bonds is 8. The minimum absolute atomic E-state index is 0.0150. The zero-order chi connectivity index (χ0) is 19.4. The monoisotopic (exact) mass is 375 g/mol. The molecule has 2 rings (SSSR count). The second-order valence-corrected chi connectivity index (χ2v) is 12.8. The predicted octanol–water partition coefficient (Wildman–Crippen LogP) is 5.36. The van der Waals surface area contributed by atoms with E-state index in [1.807, 2.05) is 24.3 Å². The van der Waals surface area contributed by atoms with Crippen molar-refractivity contribution in [1.82, 2.24) is 4.98 Å². The maximum absolute atomic E-state index is 11.3. The van der Waals surface area contributed by atoms with Crippen LogP contribution in [-0.4, -0.2) is 31.4 Å². The molecule has 0 saturated heterocycles. The van der Waals surface area contributed by atoms with Gasteiger partial charge in [0.15, 0.2) is 8.32 Å². The summed E-state index contributed by atoms with van der Waals surface area (Å²) in [6.45, 7) is 12.6. The van der Waals surface area contributed by atoms with Gasteiger partial charge in [-0.05, 0) is 37.0 Å². The molecule has 0 amide bonds. The third-order valence-corrected chi connectivity index (χ3v) is 9.63. The Labute approximate surface area is 156 Å². The van der Waals surface area contributed by atoms with E-state index in [-0.39, 0.29) is 15.6 Å². The van der Waals surface area contributed by atoms with Crippen molar-refractivity contribution in [3.05, 3.63) is 40.6 Å². The van der Waals surface area contributed by atoms with Crippen LogP contribution in [0.5, 0.6) is 0 Å². The van der Waals surface area contributed by atoms with Gasteiger partial charge >= 0.3 is 5.69 Å². The van der Waals surface area contributed by atoms with Crippen molar-refractivity contribution in [3.63, 3.8) is 0 Å². The van der Waals surface area contributed by atoms with Crippen LogP contribution in [0.4, 0.5) is 11.4 Å². The zero-order valence-electron chi connectivity index (χ0n) is 16.3. The second-order valence-electron chi connectivity index (χ2n) is 8.04. The van der Waals surface area contributed by atoms with E-state index < -0.39 is 8.32 Å². The van der Waals surface area contributed by atoms with Crippen molar-refractivity contribution < 1.29 is 9.35 Å². The van der Waals surface area contributed by atoms with Crippen LogP contribution in [0.1, 0.15) is 33.6 Å². The Kier molecular flexibility index (Phi) is 6.36. The fourth-order valence-electron chi connectivity index (χ4n) is 2.44. The number of pyridine rings is 1. The maximum atomic E-state index is 11.3. The second kappa shape index (κ2) is 8.14. The molecule has 1 N–H and O–H groups in total. The number of nitrogens with zero attached hydrogens (tertiary/aromatic N) is 2. The molecule has 7 heteroatoms. The topological polar surface area (TPSA) is 77.3 Å². The number of hydrogen-bond acceptors (Lipinski definition) is 5. The van der Waals surface area contributed by atoms with E-state index in [0.717, 1.165) is 30.4 Å². The van der Waals surface area contributed by atoms with Crippen LogP contribution < -0.4 is 5.32 Å². The summed E-state index contributed by atoms with van der Waals surface area (Å²) in [5, 5.41) is 15.5. The molecular formula is C19H29N3O3Si. The van der Waals surface area contributed by atoms with Crippen molar-refractivity contribution in [1.29, 1.82) is 0 Å². The average molecular weight is 376 g/mol. The molecule has 0 radical (unpaired) electrons. The summed E-state index contributed by atoms with van der Waals surface area (Å²) >= 11 is 0. The van der Waals surface area contributed by atoms with Crippen LogP contribution in [0, 0.1) is 10.1 Å². The van der Waals surface area contributed by atoms with Crippen molar-refractivity contribution in [3.8, 4) is 0 Å². The van der Waals surface area contributed by atoms with Gasteiger partial charge in [0.2, 0.25) is 0 Å². The number of unbranched alkanes of at least 4 members (excludes halogenated alkanes) is 1. The van der Waals surface area contributed by atoms with Gasteiger partial charge in [0, 0.05) is 18.5 Å². The van der Waals surface area contributed by atoms with Gasteiger partial charge in [0.05, 0.1) is 10.4 Å². The zero-order valence-corrected chi connectivity index (χ0v) is 17.3. The van der Waals surface area contributed by atoms with Crippen LogP contribution in [0.25, 0.3) is 10.9 Å². The number of aromatic nitrogens is 1. The van der Waals surface area contributed by atoms with E-state index in [0.29, 0.717) is 12.2 Å². The van der Waals surface area contributed by atoms with Gasteiger partial charge in [-0.3, -0.25) is 10.1 Å². The molecule has 0 aliphatic rings. The smallest absolute Gasteiger partial charge is 0.311 e. The quantitative estimate of drug-likeness (QED) is 0.291. The fraction of sp³-hybridized carbons (Fsp3) is 0.526. The first-order chi connectivity index (χ1) is 12.1. The standard InChI is InChI=1S/C19H29N3O3Si/c1-19(2,3)26(4,5)25-13-9-8-12-20-18-15-10-6-7-11-16(15)21-14-17(18)22(23)24/h6-7,10-11,14H,8-9,12-13H2,1-5H3,(H,20,21). The van der Waals surface area contributed by atoms with E-state index in [9.17, 15) is 10.1 Å². The first-order valence-electron chi connectivity index (χ1n) is 9.03. The van der Waals surface area contributed by atoms with E-state index in [1.54, 1.807) is 0 Å². The summed E-state index contributed by atoms with van der Waals surface area (Å²) in [5.41, 5.74) is 1.31. The molecule has 0 atom stereocenters. The highest BCUT2D eigenvalue weighted by atomic mass is 28.4. The number of nitrogens with one attached hydrogen (secondary N) is 1. The SMILES string of the molecule is CC(C)(C)[Si](C)(C)OCCCCNc1c([N+](=O)[O-])cnc2ccccc12. The lowest BCUT2D eigenvalue weighted by Gasteiger charge is -2.36. The Morgan fingerprint density at radius 3 is 2.58 bits per heavy atom. The highest BCUT2D eigenvalue weighted by molar-refractivity contribution is 6.74. The molecule has 26 heavy (non-hydrogen) atoms. The summed E-state index contributed by atoms with van der Waals surface area (Å²) in [6.07, 6.45) is 3.14. The molecule has 1 aromatic carbocycles. The molecule has 6 nitrogen and oxygen atoms in total. The highest BCUT2D eigenvalue weighted by Crippen LogP contribution is 2.36. The largest absolute Gasteiger partial charge is 0.417 e. The van der Waals surface area contributed by atoms with Gasteiger partial charge in [-0.1, -0.05) is 39.0 Å². The van der Waals surface area contributed by atoms with Crippen LogP contribution in [0.15, 0.2) is 30.5 Å². The average Bonchev–Trinajstić information content (AvgIpc) is 2.56. The number of fused-ring (bicyclic) bond motifs is 1. The normalized spacial score (nSPS) is 12.3. The van der Waals surface area contributed by atoms with Crippen LogP contribution in [0.3, 0.4) is 0 Å². The summed E-state index contributed by atoms with van der Waals surface area (Å²) in [6, 6.07) is 7.46. The number of nitro groups is 1. The molecule has 0 aliphatic carbocycles. The predicted molar refractivity (Wildman–Crippen MR) is 109 cm³/mol. The van der Waals surface area contributed by atoms with Gasteiger partial charge < -0.3 is 9.74 Å². The summed E-state index contributed by atoms with van der Waals surface area (Å²) in [7, 11) is -1.71. The maximum Gasteiger partial charge on any atom is 0.311 e. The van der Waals surface area contributed by atoms with Crippen molar-refractivity contribution in [2.75, 3.05) is 18.5 Å². The Morgan fingerprint density at radius 2 is 1.92 bits per heavy atom. The highest BCUT2D eigenvalue weighted by Gasteiger charge is 2.36. The Morgan fingerprint density at radius 1 is 1.23 bits per heavy atom. The van der Waals surface area contributed by atoms with Gasteiger partial charge in [-0.2, -0.15) is 0 Å². The summed E-state index contributed by atoms with van der Waals surface area (Å²) in [5.74, 6) is 0. The van der Waals surface area contributed by atoms with E-state index in [2.05, 4.69) is 44.2 Å². The Hall–Kier alpha value is -1.99. The number of hydrogen-bond donors (Lipinski definition) is 1. The van der Waals surface area contributed by atoms with E-state index in [4.69, 9.17) is 4.43 Å². The molecule has 1 heterocycles. The van der Waals surface area contributed by atoms with E-state index >= 15 is 0 Å². The van der Waals surface area contributed by atoms with Gasteiger partial charge in [-0.15, -0.1) is 0 Å². The number of anilines is 1. The van der Waals surface area contributed by atoms with Crippen molar-refractivity contribution in [2.24, 2.45) is 0 Å². The molecular weight excluding hydrogens is 346 g/mol. The molecule has 0 saturated carbocycles. The van der Waals surface area contributed by atoms with Gasteiger partial charge in [0.1, 0.15) is 11.9 Å². The summed E-state index contributed by atoms with van der Waals surface area (Å²) < 4.78 is 6.17. The van der Waals surface area contributed by atoms with Crippen LogP contribution in [-0.2, 0) is 4.43 Å². The first-order valence-corrected chi connectivity index (χ1v) is 11.9. The Bertz CT molecular complexity index is 772. The summed E-state index contributed by atoms with van der Waals surface area (Å²) in [4.78, 5) is 15.1. The lowest BCUT2D eigenvalue weighted by molar-refractivity contribution is -0.384. The third kappa shape index (κ3) is 4.79. The van der Waals surface area contributed by atoms with Crippen molar-refractivity contribution >= 4 is 30.6 Å². The molecule has 0 fully saturated rings. The molecule has 0 unspecified atom stereocenters. The number of para-hydroxylation sites is 1. The van der Waals surface area contributed by atoms with Gasteiger partial charge in [-0.25, -0.2) is 4.98 Å². The lowest BCUT2D eigenvalue weighted by atomic mass is 10.1. The minimum Gasteiger partial charge on any atom is -0.417 e. The number of benzene rings is 1. The lowest BCUT2D eigenvalue weighted by Crippen LogP contribution is -2.41.